The van der Waals surface area contributed by atoms with Crippen LogP contribution in [-0.2, 0) is 15.8 Å². The summed E-state index contributed by atoms with van der Waals surface area (Å²) in [6.45, 7) is 12.9. The lowest BCUT2D eigenvalue weighted by molar-refractivity contribution is 0.0848. The molecule has 0 N–H and O–H groups in total. The summed E-state index contributed by atoms with van der Waals surface area (Å²) in [5, 5.41) is 12.0. The Balaban J connectivity index is 1.60. The summed E-state index contributed by atoms with van der Waals surface area (Å²) in [5.41, 5.74) is 8.49. The highest BCUT2D eigenvalue weighted by molar-refractivity contribution is 7.70. The Morgan fingerprint density at radius 1 is 0.949 bits per heavy atom. The smallest absolute Gasteiger partial charge is 0.109 e. The van der Waals surface area contributed by atoms with Gasteiger partial charge in [-0.1, -0.05) is 56.3 Å². The molecule has 0 aliphatic heterocycles. The van der Waals surface area contributed by atoms with Gasteiger partial charge in [-0.3, -0.25) is 4.68 Å². The monoisotopic (exact) mass is 540 g/mol. The Bertz CT molecular complexity index is 1680. The molecule has 5 aromatic rings. The minimum Gasteiger partial charge on any atom is -0.375 e. The maximum absolute atomic E-state index is 12.7. The average molecular weight is 541 g/mol. The lowest BCUT2D eigenvalue weighted by atomic mass is 9.95. The van der Waals surface area contributed by atoms with E-state index in [1.165, 1.54) is 5.56 Å². The summed E-state index contributed by atoms with van der Waals surface area (Å²) in [7, 11) is -0.601. The number of benzene rings is 3. The predicted octanol–water partition coefficient (Wildman–Crippen LogP) is 7.26. The molecule has 3 aromatic carbocycles. The Kier molecular flexibility index (Phi) is 7.37. The zero-order valence-electron chi connectivity index (χ0n) is 23.8. The van der Waals surface area contributed by atoms with E-state index in [0.29, 0.717) is 6.54 Å². The van der Waals surface area contributed by atoms with Crippen LogP contribution >= 0.6 is 7.14 Å². The molecule has 0 saturated heterocycles. The normalized spacial score (nSPS) is 12.9. The molecule has 0 saturated carbocycles. The van der Waals surface area contributed by atoms with Gasteiger partial charge in [0.25, 0.3) is 0 Å². The van der Waals surface area contributed by atoms with Crippen molar-refractivity contribution >= 4 is 23.3 Å². The molecule has 0 spiro atoms. The molecule has 2 aromatic heterocycles. The van der Waals surface area contributed by atoms with Gasteiger partial charge in [0.1, 0.15) is 13.2 Å². The first-order valence-electron chi connectivity index (χ1n) is 13.4. The molecule has 1 atom stereocenters. The number of hydrogen-bond donors (Lipinski definition) is 0. The summed E-state index contributed by atoms with van der Waals surface area (Å²) in [6, 6.07) is 22.5. The molecule has 5 rings (SSSR count). The lowest BCUT2D eigenvalue weighted by Gasteiger charge is -2.15. The van der Waals surface area contributed by atoms with E-state index in [2.05, 4.69) is 64.2 Å². The van der Waals surface area contributed by atoms with Gasteiger partial charge >= 0.3 is 0 Å². The second kappa shape index (κ2) is 10.6. The van der Waals surface area contributed by atoms with E-state index in [1.807, 2.05) is 59.1 Å². The Morgan fingerprint density at radius 3 is 2.33 bits per heavy atom. The summed E-state index contributed by atoms with van der Waals surface area (Å²) in [6.07, 6.45) is 2.02. The summed E-state index contributed by atoms with van der Waals surface area (Å²) < 4.78 is 22.5. The van der Waals surface area contributed by atoms with Crippen LogP contribution in [0.25, 0.3) is 27.8 Å². The van der Waals surface area contributed by atoms with Crippen molar-refractivity contribution in [2.45, 2.75) is 46.3 Å². The third kappa shape index (κ3) is 5.24. The molecule has 2 heterocycles. The Hall–Kier alpha value is -3.47. The first-order chi connectivity index (χ1) is 18.6. The van der Waals surface area contributed by atoms with Crippen LogP contribution in [-0.4, -0.2) is 40.0 Å². The van der Waals surface area contributed by atoms with E-state index in [4.69, 9.17) is 14.9 Å². The predicted molar refractivity (Wildman–Crippen MR) is 161 cm³/mol. The highest BCUT2D eigenvalue weighted by Gasteiger charge is 2.23. The lowest BCUT2D eigenvalue weighted by Crippen LogP contribution is -2.11. The van der Waals surface area contributed by atoms with E-state index in [9.17, 15) is 4.57 Å². The Labute approximate surface area is 231 Å². The number of aryl methyl sites for hydroxylation is 1. The van der Waals surface area contributed by atoms with Crippen molar-refractivity contribution in [3.63, 3.8) is 0 Å². The third-order valence-corrected chi connectivity index (χ3v) is 8.95. The largest absolute Gasteiger partial charge is 0.375 e. The molecule has 0 aliphatic carbocycles. The number of nitrogens with zero attached hydrogens (tertiary/aromatic N) is 4. The van der Waals surface area contributed by atoms with Crippen molar-refractivity contribution in [1.29, 1.82) is 0 Å². The van der Waals surface area contributed by atoms with Gasteiger partial charge in [0.2, 0.25) is 0 Å². The summed E-state index contributed by atoms with van der Waals surface area (Å²) in [5.74, 6) is 0.279. The second-order valence-electron chi connectivity index (χ2n) is 11.0. The molecule has 0 bridgehead atoms. The zero-order chi connectivity index (χ0) is 27.9. The second-order valence-corrected chi connectivity index (χ2v) is 14.2. The number of aromatic nitrogens is 4. The van der Waals surface area contributed by atoms with Crippen LogP contribution < -0.4 is 5.30 Å². The molecule has 39 heavy (non-hydrogen) atoms. The van der Waals surface area contributed by atoms with Gasteiger partial charge in [0.05, 0.1) is 23.4 Å². The highest BCUT2D eigenvalue weighted by Crippen LogP contribution is 2.38. The van der Waals surface area contributed by atoms with E-state index in [1.54, 1.807) is 7.11 Å². The SMILES string of the molecule is CO[C@@H](Cn1cc2c(-c3nn(-c4ccc(P(C)(C)=O)cc4C)c(C)c3C(C)C)cccc2n1)c1ccccc1. The van der Waals surface area contributed by atoms with E-state index in [0.717, 1.165) is 50.0 Å². The fraction of sp³-hybridized carbons (Fsp3) is 0.312. The van der Waals surface area contributed by atoms with Crippen LogP contribution in [0.15, 0.2) is 72.9 Å². The van der Waals surface area contributed by atoms with Gasteiger partial charge in [-0.15, -0.1) is 0 Å². The van der Waals surface area contributed by atoms with Gasteiger partial charge in [-0.25, -0.2) is 4.68 Å². The van der Waals surface area contributed by atoms with Crippen molar-refractivity contribution in [2.24, 2.45) is 0 Å². The molecule has 0 fully saturated rings. The number of methoxy groups -OCH3 is 1. The van der Waals surface area contributed by atoms with Gasteiger partial charge in [-0.05, 0) is 68.5 Å². The maximum atomic E-state index is 12.7. The molecule has 0 aliphatic rings. The van der Waals surface area contributed by atoms with Crippen LogP contribution in [0.1, 0.15) is 48.3 Å². The fourth-order valence-electron chi connectivity index (χ4n) is 5.40. The van der Waals surface area contributed by atoms with Gasteiger partial charge in [0, 0.05) is 40.8 Å². The number of hydrogen-bond acceptors (Lipinski definition) is 4. The van der Waals surface area contributed by atoms with Crippen LogP contribution in [0, 0.1) is 13.8 Å². The molecule has 6 nitrogen and oxygen atoms in total. The van der Waals surface area contributed by atoms with Crippen molar-refractivity contribution in [2.75, 3.05) is 20.4 Å². The van der Waals surface area contributed by atoms with Gasteiger partial charge in [-0.2, -0.15) is 10.2 Å². The molecule has 0 radical (unpaired) electrons. The van der Waals surface area contributed by atoms with Crippen LogP contribution in [0.3, 0.4) is 0 Å². The van der Waals surface area contributed by atoms with E-state index < -0.39 is 7.14 Å². The standard InChI is InChI=1S/C32H37N4O2P/c1-21(2)31-23(4)36(29-17-16-25(18-22(29)3)39(6,7)37)34-32(31)26-14-11-15-28-27(26)19-35(33-28)20-30(38-5)24-12-9-8-10-13-24/h8-19,21,30H,20H2,1-7H3/t30-/m0/s1. The van der Waals surface area contributed by atoms with E-state index in [-0.39, 0.29) is 12.0 Å². The van der Waals surface area contributed by atoms with Crippen molar-refractivity contribution in [3.05, 3.63) is 95.3 Å². The Morgan fingerprint density at radius 2 is 1.69 bits per heavy atom. The van der Waals surface area contributed by atoms with Crippen LogP contribution in [0.2, 0.25) is 0 Å². The topological polar surface area (TPSA) is 61.9 Å². The third-order valence-electron chi connectivity index (χ3n) is 7.43. The first-order valence-corrected chi connectivity index (χ1v) is 16.0. The van der Waals surface area contributed by atoms with Crippen molar-refractivity contribution in [1.82, 2.24) is 19.6 Å². The molecular formula is C32H37N4O2P. The molecule has 202 valence electrons. The zero-order valence-corrected chi connectivity index (χ0v) is 24.7. The van der Waals surface area contributed by atoms with Gasteiger partial charge in [0.15, 0.2) is 0 Å². The highest BCUT2D eigenvalue weighted by atomic mass is 31.2. The molecule has 0 unspecified atom stereocenters. The molecule has 0 amide bonds. The van der Waals surface area contributed by atoms with Crippen molar-refractivity contribution in [3.8, 4) is 16.9 Å². The fourth-order valence-corrected chi connectivity index (χ4v) is 6.34. The summed E-state index contributed by atoms with van der Waals surface area (Å²) >= 11 is 0. The average Bonchev–Trinajstić information content (AvgIpc) is 3.47. The number of rotatable bonds is 8. The van der Waals surface area contributed by atoms with Crippen LogP contribution in [0.4, 0.5) is 0 Å². The number of ether oxygens (including phenoxy) is 1. The first kappa shape index (κ1) is 27.1. The van der Waals surface area contributed by atoms with Crippen LogP contribution in [0.5, 0.6) is 0 Å². The number of fused-ring (bicyclic) bond motifs is 1. The van der Waals surface area contributed by atoms with Crippen molar-refractivity contribution < 1.29 is 9.30 Å². The summed E-state index contributed by atoms with van der Waals surface area (Å²) in [4.78, 5) is 0. The quantitative estimate of drug-likeness (QED) is 0.194. The maximum Gasteiger partial charge on any atom is 0.109 e. The van der Waals surface area contributed by atoms with E-state index >= 15 is 0 Å². The molecular weight excluding hydrogens is 503 g/mol. The minimum atomic E-state index is -2.34. The minimum absolute atomic E-state index is 0.0934. The van der Waals surface area contributed by atoms with Gasteiger partial charge < -0.3 is 9.30 Å². The molecule has 7 heteroatoms.